The zero-order valence-corrected chi connectivity index (χ0v) is 20.6. The summed E-state index contributed by atoms with van der Waals surface area (Å²) in [6.45, 7) is 5.11. The van der Waals surface area contributed by atoms with Gasteiger partial charge in [-0.05, 0) is 56.3 Å². The number of nitrogens with one attached hydrogen (secondary N) is 2. The van der Waals surface area contributed by atoms with E-state index in [4.69, 9.17) is 16.3 Å². The summed E-state index contributed by atoms with van der Waals surface area (Å²) in [7, 11) is -3.43. The second-order valence-electron chi connectivity index (χ2n) is 7.38. The van der Waals surface area contributed by atoms with E-state index in [2.05, 4.69) is 20.0 Å². The van der Waals surface area contributed by atoms with Crippen LogP contribution in [0.5, 0.6) is 11.8 Å². The summed E-state index contributed by atoms with van der Waals surface area (Å²) >= 11 is 5.71. The van der Waals surface area contributed by atoms with Gasteiger partial charge in [-0.15, -0.1) is 0 Å². The lowest BCUT2D eigenvalue weighted by Crippen LogP contribution is -2.23. The number of benzene rings is 2. The van der Waals surface area contributed by atoms with Crippen LogP contribution in [0.2, 0.25) is 5.02 Å². The zero-order valence-electron chi connectivity index (χ0n) is 19.0. The molecule has 2 aromatic carbocycles. The van der Waals surface area contributed by atoms with E-state index < -0.39 is 26.8 Å². The number of halogens is 4. The Bertz CT molecular complexity index is 1280. The maximum absolute atomic E-state index is 13.3. The van der Waals surface area contributed by atoms with E-state index in [1.165, 1.54) is 30.3 Å². The third-order valence-electron chi connectivity index (χ3n) is 4.69. The number of aromatic nitrogens is 2. The Labute approximate surface area is 206 Å². The molecule has 13 heteroatoms. The van der Waals surface area contributed by atoms with Crippen molar-refractivity contribution in [3.8, 4) is 11.8 Å². The Kier molecular flexibility index (Phi) is 7.96. The van der Waals surface area contributed by atoms with Gasteiger partial charge in [-0.3, -0.25) is 4.72 Å². The fraction of sp³-hybridized carbons (Fsp3) is 0.273. The predicted octanol–water partition coefficient (Wildman–Crippen LogP) is 5.90. The van der Waals surface area contributed by atoms with Gasteiger partial charge in [0.15, 0.2) is 0 Å². The molecule has 0 aliphatic heterocycles. The molecule has 0 radical (unpaired) electrons. The van der Waals surface area contributed by atoms with Gasteiger partial charge in [-0.2, -0.15) is 23.1 Å². The first kappa shape index (κ1) is 26.4. The number of nitrogens with zero attached hydrogens (tertiary/aromatic N) is 3. The standard InChI is InChI=1S/C22H23ClF3N5O3S/c1-4-31(5-2)20-13-19(27-15-8-11-18(23)17(12-15)22(24,25)26)28-21(29-20)34-16-9-6-14(7-10-16)30-35(3,32)33/h6-13,30H,4-5H2,1-3H3,(H,27,28,29). The van der Waals surface area contributed by atoms with Crippen molar-refractivity contribution in [2.75, 3.05) is 34.3 Å². The predicted molar refractivity (Wildman–Crippen MR) is 130 cm³/mol. The molecule has 0 fully saturated rings. The highest BCUT2D eigenvalue weighted by Crippen LogP contribution is 2.37. The SMILES string of the molecule is CCN(CC)c1cc(Nc2ccc(Cl)c(C(F)(F)F)c2)nc(Oc2ccc(NS(C)(=O)=O)cc2)n1. The number of sulfonamides is 1. The maximum Gasteiger partial charge on any atom is 0.417 e. The van der Waals surface area contributed by atoms with Gasteiger partial charge in [0.2, 0.25) is 10.0 Å². The molecule has 0 saturated heterocycles. The monoisotopic (exact) mass is 529 g/mol. The molecule has 0 unspecified atom stereocenters. The van der Waals surface area contributed by atoms with Crippen molar-refractivity contribution in [2.24, 2.45) is 0 Å². The molecule has 0 aliphatic rings. The minimum absolute atomic E-state index is 0.0502. The van der Waals surface area contributed by atoms with E-state index in [0.717, 1.165) is 18.4 Å². The first-order valence-corrected chi connectivity index (χ1v) is 12.7. The van der Waals surface area contributed by atoms with E-state index >= 15 is 0 Å². The summed E-state index contributed by atoms with van der Waals surface area (Å²) in [5, 5.41) is 2.45. The topological polar surface area (TPSA) is 96.5 Å². The number of hydrogen-bond acceptors (Lipinski definition) is 7. The number of anilines is 4. The fourth-order valence-electron chi connectivity index (χ4n) is 3.11. The minimum Gasteiger partial charge on any atom is -0.424 e. The van der Waals surface area contributed by atoms with Crippen LogP contribution in [0.3, 0.4) is 0 Å². The van der Waals surface area contributed by atoms with Crippen LogP contribution >= 0.6 is 11.6 Å². The lowest BCUT2D eigenvalue weighted by Gasteiger charge is -2.21. The molecule has 0 aliphatic carbocycles. The second kappa shape index (κ2) is 10.6. The van der Waals surface area contributed by atoms with Crippen molar-refractivity contribution < 1.29 is 26.3 Å². The van der Waals surface area contributed by atoms with Crippen molar-refractivity contribution >= 4 is 44.6 Å². The van der Waals surface area contributed by atoms with Crippen molar-refractivity contribution in [1.82, 2.24) is 9.97 Å². The normalized spacial score (nSPS) is 11.7. The third-order valence-corrected chi connectivity index (χ3v) is 5.63. The average molecular weight is 530 g/mol. The number of rotatable bonds is 9. The smallest absolute Gasteiger partial charge is 0.417 e. The summed E-state index contributed by atoms with van der Waals surface area (Å²) in [4.78, 5) is 10.6. The fourth-order valence-corrected chi connectivity index (χ4v) is 3.90. The molecular weight excluding hydrogens is 507 g/mol. The number of hydrogen-bond donors (Lipinski definition) is 2. The largest absolute Gasteiger partial charge is 0.424 e. The molecule has 3 aromatic rings. The van der Waals surface area contributed by atoms with Crippen LogP contribution in [0.15, 0.2) is 48.5 Å². The molecule has 0 amide bonds. The summed E-state index contributed by atoms with van der Waals surface area (Å²) in [6.07, 6.45) is -3.57. The van der Waals surface area contributed by atoms with E-state index in [-0.39, 0.29) is 17.5 Å². The number of ether oxygens (including phenoxy) is 1. The van der Waals surface area contributed by atoms with Gasteiger partial charge in [-0.1, -0.05) is 11.6 Å². The lowest BCUT2D eigenvalue weighted by atomic mass is 10.2. The van der Waals surface area contributed by atoms with Crippen LogP contribution in [0, 0.1) is 0 Å². The third kappa shape index (κ3) is 7.36. The van der Waals surface area contributed by atoms with Crippen molar-refractivity contribution in [3.63, 3.8) is 0 Å². The van der Waals surface area contributed by atoms with Gasteiger partial charge in [0, 0.05) is 30.5 Å². The number of alkyl halides is 3. The quantitative estimate of drug-likeness (QED) is 0.356. The highest BCUT2D eigenvalue weighted by atomic mass is 35.5. The second-order valence-corrected chi connectivity index (χ2v) is 9.54. The van der Waals surface area contributed by atoms with Crippen molar-refractivity contribution in [3.05, 3.63) is 59.1 Å². The molecule has 0 bridgehead atoms. The molecule has 3 rings (SSSR count). The molecule has 0 spiro atoms. The van der Waals surface area contributed by atoms with E-state index in [9.17, 15) is 21.6 Å². The first-order chi connectivity index (χ1) is 16.4. The molecule has 35 heavy (non-hydrogen) atoms. The van der Waals surface area contributed by atoms with Crippen LogP contribution in [-0.2, 0) is 16.2 Å². The highest BCUT2D eigenvalue weighted by Gasteiger charge is 2.33. The Morgan fingerprint density at radius 2 is 1.63 bits per heavy atom. The zero-order chi connectivity index (χ0) is 25.8. The van der Waals surface area contributed by atoms with Gasteiger partial charge in [0.25, 0.3) is 0 Å². The van der Waals surface area contributed by atoms with Crippen LogP contribution in [0.25, 0.3) is 0 Å². The molecule has 2 N–H and O–H groups in total. The minimum atomic E-state index is -4.61. The van der Waals surface area contributed by atoms with Gasteiger partial charge in [0.05, 0.1) is 16.8 Å². The molecule has 188 valence electrons. The summed E-state index contributed by atoms with van der Waals surface area (Å²) in [6, 6.07) is 11.1. The van der Waals surface area contributed by atoms with Crippen LogP contribution in [0.4, 0.5) is 36.2 Å². The van der Waals surface area contributed by atoms with E-state index in [1.807, 2.05) is 18.7 Å². The maximum atomic E-state index is 13.3. The summed E-state index contributed by atoms with van der Waals surface area (Å²) < 4.78 is 70.6. The van der Waals surface area contributed by atoms with Gasteiger partial charge < -0.3 is 15.0 Å². The molecule has 0 saturated carbocycles. The van der Waals surface area contributed by atoms with Crippen LogP contribution in [0.1, 0.15) is 19.4 Å². The molecule has 8 nitrogen and oxygen atoms in total. The molecular formula is C22H23ClF3N5O3S. The van der Waals surface area contributed by atoms with Crippen LogP contribution in [-0.4, -0.2) is 37.7 Å². The Balaban J connectivity index is 1.93. The van der Waals surface area contributed by atoms with E-state index in [0.29, 0.717) is 30.3 Å². The van der Waals surface area contributed by atoms with Gasteiger partial charge in [-0.25, -0.2) is 8.42 Å². The molecule has 0 atom stereocenters. The molecule has 1 aromatic heterocycles. The van der Waals surface area contributed by atoms with Crippen LogP contribution < -0.4 is 19.7 Å². The Morgan fingerprint density at radius 3 is 2.20 bits per heavy atom. The Morgan fingerprint density at radius 1 is 1.00 bits per heavy atom. The van der Waals surface area contributed by atoms with E-state index in [1.54, 1.807) is 6.07 Å². The molecule has 1 heterocycles. The van der Waals surface area contributed by atoms with Crippen molar-refractivity contribution in [2.45, 2.75) is 20.0 Å². The average Bonchev–Trinajstić information content (AvgIpc) is 2.75. The Hall–Kier alpha value is -3.25. The lowest BCUT2D eigenvalue weighted by molar-refractivity contribution is -0.137. The summed E-state index contributed by atoms with van der Waals surface area (Å²) in [5.74, 6) is 1.04. The van der Waals surface area contributed by atoms with Crippen molar-refractivity contribution in [1.29, 1.82) is 0 Å². The van der Waals surface area contributed by atoms with Gasteiger partial charge in [0.1, 0.15) is 17.4 Å². The summed E-state index contributed by atoms with van der Waals surface area (Å²) in [5.41, 5.74) is -0.488. The van der Waals surface area contributed by atoms with Gasteiger partial charge >= 0.3 is 12.2 Å². The highest BCUT2D eigenvalue weighted by molar-refractivity contribution is 7.92. The first-order valence-electron chi connectivity index (χ1n) is 10.4.